The lowest BCUT2D eigenvalue weighted by molar-refractivity contribution is -0.125. The molecule has 134 valence electrons. The van der Waals surface area contributed by atoms with Gasteiger partial charge >= 0.3 is 0 Å². The van der Waals surface area contributed by atoms with Gasteiger partial charge in [0.2, 0.25) is 5.91 Å². The number of nitrogens with zero attached hydrogens (tertiary/aromatic N) is 1. The van der Waals surface area contributed by atoms with Crippen molar-refractivity contribution >= 4 is 11.6 Å². The zero-order valence-electron chi connectivity index (χ0n) is 14.8. The van der Waals surface area contributed by atoms with Crippen LogP contribution in [-0.4, -0.2) is 25.0 Å². The highest BCUT2D eigenvalue weighted by Gasteiger charge is 2.55. The summed E-state index contributed by atoms with van der Waals surface area (Å²) in [7, 11) is 0. The number of fused-ring (bicyclic) bond motifs is 2. The number of hydrogen-bond acceptors (Lipinski definition) is 2. The molecule has 1 aromatic rings. The zero-order chi connectivity index (χ0) is 17.0. The number of rotatable bonds is 3. The fourth-order valence-corrected chi connectivity index (χ4v) is 5.31. The molecule has 2 aliphatic heterocycles. The molecule has 3 nitrogen and oxygen atoms in total. The van der Waals surface area contributed by atoms with Gasteiger partial charge in [0.15, 0.2) is 0 Å². The molecule has 5 rings (SSSR count). The Morgan fingerprint density at radius 2 is 1.96 bits per heavy atom. The van der Waals surface area contributed by atoms with Crippen LogP contribution in [0.4, 0.5) is 10.1 Å². The van der Waals surface area contributed by atoms with Gasteiger partial charge in [0.05, 0.1) is 0 Å². The fraction of sp³-hybridized carbons (Fsp3) is 0.667. The number of hydrogen-bond donors (Lipinski definition) is 1. The van der Waals surface area contributed by atoms with Crippen LogP contribution < -0.4 is 10.2 Å². The molecule has 1 unspecified atom stereocenters. The maximum Gasteiger partial charge on any atom is 0.230 e. The number of halogens is 1. The highest BCUT2D eigenvalue weighted by atomic mass is 19.1. The monoisotopic (exact) mass is 342 g/mol. The van der Waals surface area contributed by atoms with E-state index in [1.807, 2.05) is 6.07 Å². The molecule has 1 atom stereocenters. The van der Waals surface area contributed by atoms with Crippen LogP contribution in [0.5, 0.6) is 0 Å². The van der Waals surface area contributed by atoms with Crippen LogP contribution in [-0.2, 0) is 10.2 Å². The minimum Gasteiger partial charge on any atom is -0.317 e. The van der Waals surface area contributed by atoms with Crippen molar-refractivity contribution < 1.29 is 9.18 Å². The zero-order valence-corrected chi connectivity index (χ0v) is 14.8. The van der Waals surface area contributed by atoms with E-state index in [0.29, 0.717) is 5.91 Å². The second-order valence-corrected chi connectivity index (χ2v) is 8.60. The summed E-state index contributed by atoms with van der Waals surface area (Å²) in [6.45, 7) is 1.92. The van der Waals surface area contributed by atoms with Gasteiger partial charge in [0, 0.05) is 23.1 Å². The van der Waals surface area contributed by atoms with Gasteiger partial charge in [-0.1, -0.05) is 19.3 Å². The van der Waals surface area contributed by atoms with E-state index in [4.69, 9.17) is 0 Å². The molecule has 2 heterocycles. The van der Waals surface area contributed by atoms with E-state index in [0.717, 1.165) is 62.4 Å². The summed E-state index contributed by atoms with van der Waals surface area (Å²) in [5.41, 5.74) is 2.06. The lowest BCUT2D eigenvalue weighted by Crippen LogP contribution is -2.53. The molecule has 0 bridgehead atoms. The molecular formula is C21H27FN2O. The van der Waals surface area contributed by atoms with Gasteiger partial charge < -0.3 is 10.2 Å². The molecule has 2 aliphatic carbocycles. The molecule has 2 saturated carbocycles. The molecule has 1 aromatic carbocycles. The minimum atomic E-state index is -0.167. The lowest BCUT2D eigenvalue weighted by atomic mass is 9.68. The summed E-state index contributed by atoms with van der Waals surface area (Å²) in [4.78, 5) is 15.5. The summed E-state index contributed by atoms with van der Waals surface area (Å²) in [6.07, 6.45) is 8.91. The van der Waals surface area contributed by atoms with E-state index in [1.165, 1.54) is 25.3 Å². The molecule has 0 radical (unpaired) electrons. The van der Waals surface area contributed by atoms with Gasteiger partial charge in [-0.2, -0.15) is 0 Å². The molecule has 0 aromatic heterocycles. The predicted octanol–water partition coefficient (Wildman–Crippen LogP) is 3.76. The standard InChI is InChI=1S/C21H27FN2O/c22-16-6-7-18-17(13-16)21(8-10-23-11-9-21)19(12-14-4-5-14)24(18)20(25)15-2-1-3-15/h6-7,13-15,19,23H,1-5,8-12H2. The second kappa shape index (κ2) is 5.80. The smallest absolute Gasteiger partial charge is 0.230 e. The Morgan fingerprint density at radius 1 is 1.20 bits per heavy atom. The SMILES string of the molecule is O=C(C1CCC1)N1c2ccc(F)cc2C2(CCNCC2)C1CC1CC1. The first-order valence-corrected chi connectivity index (χ1v) is 10.0. The third-order valence-corrected chi connectivity index (χ3v) is 7.15. The molecule has 1 N–H and O–H groups in total. The van der Waals surface area contributed by atoms with E-state index >= 15 is 0 Å². The Kier molecular flexibility index (Phi) is 3.67. The molecule has 4 aliphatic rings. The van der Waals surface area contributed by atoms with E-state index in [1.54, 1.807) is 6.07 Å². The number of nitrogens with one attached hydrogen (secondary N) is 1. The van der Waals surface area contributed by atoms with Gasteiger partial charge in [-0.25, -0.2) is 4.39 Å². The lowest BCUT2D eigenvalue weighted by Gasteiger charge is -2.43. The average molecular weight is 342 g/mol. The molecule has 4 heteroatoms. The van der Waals surface area contributed by atoms with Crippen LogP contribution >= 0.6 is 0 Å². The Labute approximate surface area is 149 Å². The summed E-state index contributed by atoms with van der Waals surface area (Å²) >= 11 is 0. The Morgan fingerprint density at radius 3 is 2.60 bits per heavy atom. The van der Waals surface area contributed by atoms with E-state index in [2.05, 4.69) is 10.2 Å². The van der Waals surface area contributed by atoms with Crippen molar-refractivity contribution in [3.05, 3.63) is 29.6 Å². The number of anilines is 1. The number of carbonyl (C=O) groups excluding carboxylic acids is 1. The third-order valence-electron chi connectivity index (χ3n) is 7.15. The van der Waals surface area contributed by atoms with E-state index in [-0.39, 0.29) is 23.2 Å². The summed E-state index contributed by atoms with van der Waals surface area (Å²) in [5, 5.41) is 3.46. The van der Waals surface area contributed by atoms with Gasteiger partial charge in [0.25, 0.3) is 0 Å². The Bertz CT molecular complexity index is 689. The van der Waals surface area contributed by atoms with E-state index < -0.39 is 0 Å². The van der Waals surface area contributed by atoms with Crippen LogP contribution in [0.3, 0.4) is 0 Å². The summed E-state index contributed by atoms with van der Waals surface area (Å²) in [6, 6.07) is 5.37. The Hall–Kier alpha value is -1.42. The van der Waals surface area contributed by atoms with Gasteiger partial charge in [-0.15, -0.1) is 0 Å². The first kappa shape index (κ1) is 15.8. The van der Waals surface area contributed by atoms with Crippen LogP contribution in [0.1, 0.15) is 56.9 Å². The number of amides is 1. The predicted molar refractivity (Wildman–Crippen MR) is 96.1 cm³/mol. The molecule has 1 spiro atoms. The van der Waals surface area contributed by atoms with Gasteiger partial charge in [-0.3, -0.25) is 4.79 Å². The minimum absolute atomic E-state index is 0.0509. The average Bonchev–Trinajstić information content (AvgIpc) is 3.34. The van der Waals surface area contributed by atoms with Crippen molar-refractivity contribution in [2.24, 2.45) is 11.8 Å². The van der Waals surface area contributed by atoms with Crippen molar-refractivity contribution in [3.63, 3.8) is 0 Å². The van der Waals surface area contributed by atoms with Gasteiger partial charge in [0.1, 0.15) is 5.82 Å². The first-order chi connectivity index (χ1) is 12.2. The number of benzene rings is 1. The molecule has 1 saturated heterocycles. The topological polar surface area (TPSA) is 32.3 Å². The van der Waals surface area contributed by atoms with Crippen LogP contribution in [0, 0.1) is 17.7 Å². The number of carbonyl (C=O) groups is 1. The third kappa shape index (κ3) is 2.44. The first-order valence-electron chi connectivity index (χ1n) is 10.0. The number of piperidine rings is 1. The van der Waals surface area contributed by atoms with Crippen molar-refractivity contribution in [2.45, 2.75) is 62.8 Å². The highest BCUT2D eigenvalue weighted by molar-refractivity contribution is 5.99. The maximum atomic E-state index is 14.1. The summed E-state index contributed by atoms with van der Waals surface area (Å²) < 4.78 is 14.1. The van der Waals surface area contributed by atoms with Crippen molar-refractivity contribution in [1.29, 1.82) is 0 Å². The van der Waals surface area contributed by atoms with E-state index in [9.17, 15) is 9.18 Å². The fourth-order valence-electron chi connectivity index (χ4n) is 5.31. The normalized spacial score (nSPS) is 28.0. The van der Waals surface area contributed by atoms with Crippen molar-refractivity contribution in [2.75, 3.05) is 18.0 Å². The van der Waals surface area contributed by atoms with Crippen LogP contribution in [0.15, 0.2) is 18.2 Å². The molecular weight excluding hydrogens is 315 g/mol. The van der Waals surface area contributed by atoms with Crippen LogP contribution in [0.25, 0.3) is 0 Å². The largest absolute Gasteiger partial charge is 0.317 e. The quantitative estimate of drug-likeness (QED) is 0.907. The second-order valence-electron chi connectivity index (χ2n) is 8.60. The maximum absolute atomic E-state index is 14.1. The molecule has 1 amide bonds. The molecule has 25 heavy (non-hydrogen) atoms. The summed E-state index contributed by atoms with van der Waals surface area (Å²) in [5.74, 6) is 1.09. The Balaban J connectivity index is 1.61. The van der Waals surface area contributed by atoms with Crippen molar-refractivity contribution in [3.8, 4) is 0 Å². The van der Waals surface area contributed by atoms with Gasteiger partial charge in [-0.05, 0) is 74.9 Å². The van der Waals surface area contributed by atoms with Crippen LogP contribution in [0.2, 0.25) is 0 Å². The van der Waals surface area contributed by atoms with Crippen molar-refractivity contribution in [1.82, 2.24) is 5.32 Å². The highest BCUT2D eigenvalue weighted by Crippen LogP contribution is 2.55. The molecule has 3 fully saturated rings.